The number of amides is 1. The molecule has 1 saturated heterocycles. The number of ether oxygens (including phenoxy) is 1. The fourth-order valence-electron chi connectivity index (χ4n) is 4.60. The van der Waals surface area contributed by atoms with Crippen LogP contribution in [0.3, 0.4) is 0 Å². The Labute approximate surface area is 230 Å². The normalized spacial score (nSPS) is 17.7. The molecule has 0 unspecified atom stereocenters. The molecule has 0 spiro atoms. The summed E-state index contributed by atoms with van der Waals surface area (Å²) in [6, 6.07) is 7.73. The number of hydrogen-bond acceptors (Lipinski definition) is 6. The predicted octanol–water partition coefficient (Wildman–Crippen LogP) is 4.07. The summed E-state index contributed by atoms with van der Waals surface area (Å²) in [5.41, 5.74) is 1.63. The Hall–Kier alpha value is -3.98. The first-order valence-electron chi connectivity index (χ1n) is 12.7. The van der Waals surface area contributed by atoms with Crippen LogP contribution in [0.1, 0.15) is 28.2 Å². The van der Waals surface area contributed by atoms with Gasteiger partial charge in [-0.25, -0.2) is 9.37 Å². The minimum absolute atomic E-state index is 0.00700. The van der Waals surface area contributed by atoms with Crippen LogP contribution in [0.4, 0.5) is 28.9 Å². The molecular weight excluding hydrogens is 528 g/mol. The number of fused-ring (bicyclic) bond motifs is 1. The zero-order valence-corrected chi connectivity index (χ0v) is 22.8. The molecule has 8 nitrogen and oxygen atoms in total. The number of pyridine rings is 1. The van der Waals surface area contributed by atoms with Gasteiger partial charge in [0.05, 0.1) is 43.2 Å². The average molecular weight is 561 g/mol. The van der Waals surface area contributed by atoms with Crippen LogP contribution in [0, 0.1) is 11.8 Å². The molecule has 0 saturated carbocycles. The molecule has 1 aromatic carbocycles. The molecule has 2 N–H and O–H groups in total. The molecule has 0 radical (unpaired) electrons. The highest BCUT2D eigenvalue weighted by molar-refractivity contribution is 5.95. The van der Waals surface area contributed by atoms with Gasteiger partial charge in [0, 0.05) is 38.9 Å². The summed E-state index contributed by atoms with van der Waals surface area (Å²) < 4.78 is 61.9. The van der Waals surface area contributed by atoms with Crippen LogP contribution in [-0.2, 0) is 6.42 Å². The van der Waals surface area contributed by atoms with Crippen LogP contribution in [-0.4, -0.2) is 91.4 Å². The largest absolute Gasteiger partial charge is 0.495 e. The maximum Gasteiger partial charge on any atom is 0.394 e. The van der Waals surface area contributed by atoms with Crippen molar-refractivity contribution >= 4 is 22.9 Å². The third-order valence-corrected chi connectivity index (χ3v) is 6.63. The Bertz CT molecular complexity index is 1430. The third-order valence-electron chi connectivity index (χ3n) is 6.63. The first-order valence-corrected chi connectivity index (χ1v) is 12.7. The number of aromatic nitrogens is 2. The molecule has 1 fully saturated rings. The van der Waals surface area contributed by atoms with Gasteiger partial charge in [-0.3, -0.25) is 4.79 Å². The topological polar surface area (TPSA) is 74.1 Å². The average Bonchev–Trinajstić information content (AvgIpc) is 3.24. The molecule has 3 heterocycles. The van der Waals surface area contributed by atoms with E-state index in [0.717, 1.165) is 0 Å². The lowest BCUT2D eigenvalue weighted by Crippen LogP contribution is -2.46. The number of imidazole rings is 1. The maximum absolute atomic E-state index is 14.7. The molecule has 1 aliphatic rings. The standard InChI is InChI=1S/C28H32F4N6O2/c1-36(2)27(39)18-9-10-22(25(15-18)40-4)33-12-5-7-21-24(16-28(30,31)32)38-13-6-8-23(26(38)35-21)34-20-11-14-37(3)17-19(20)29/h6,8-10,13,15,19-20,33-34H,11-12,14,16-17H2,1-4H3/t19-,20+/m0/s1. The van der Waals surface area contributed by atoms with Crippen molar-refractivity contribution in [3.05, 3.63) is 53.5 Å². The number of carbonyl (C=O) groups is 1. The lowest BCUT2D eigenvalue weighted by atomic mass is 10.0. The number of methoxy groups -OCH3 is 1. The van der Waals surface area contributed by atoms with Crippen LogP contribution >= 0.6 is 0 Å². The molecule has 0 bridgehead atoms. The van der Waals surface area contributed by atoms with Gasteiger partial charge in [-0.05, 0) is 49.7 Å². The molecule has 2 atom stereocenters. The van der Waals surface area contributed by atoms with Crippen molar-refractivity contribution in [1.82, 2.24) is 19.2 Å². The lowest BCUT2D eigenvalue weighted by molar-refractivity contribution is -0.128. The molecule has 0 aliphatic carbocycles. The molecule has 214 valence electrons. The fraction of sp³-hybridized carbons (Fsp3) is 0.429. The van der Waals surface area contributed by atoms with Crippen molar-refractivity contribution in [2.24, 2.45) is 0 Å². The van der Waals surface area contributed by atoms with Crippen molar-refractivity contribution in [1.29, 1.82) is 0 Å². The summed E-state index contributed by atoms with van der Waals surface area (Å²) in [5.74, 6) is 5.85. The minimum atomic E-state index is -4.48. The molecular formula is C28H32F4N6O2. The number of likely N-dealkylation sites (tertiary alicyclic amines) is 1. The number of benzene rings is 1. The van der Waals surface area contributed by atoms with Crippen LogP contribution in [0.25, 0.3) is 5.65 Å². The fourth-order valence-corrected chi connectivity index (χ4v) is 4.60. The van der Waals surface area contributed by atoms with Gasteiger partial charge in [-0.1, -0.05) is 5.92 Å². The quantitative estimate of drug-likeness (QED) is 0.336. The van der Waals surface area contributed by atoms with Crippen LogP contribution in [0.15, 0.2) is 36.5 Å². The number of rotatable bonds is 7. The molecule has 1 aliphatic heterocycles. The molecule has 1 amide bonds. The van der Waals surface area contributed by atoms with Gasteiger partial charge in [-0.2, -0.15) is 13.2 Å². The third kappa shape index (κ3) is 6.77. The zero-order valence-electron chi connectivity index (χ0n) is 22.8. The Kier molecular flexibility index (Phi) is 8.73. The van der Waals surface area contributed by atoms with E-state index in [1.807, 2.05) is 11.9 Å². The van der Waals surface area contributed by atoms with Crippen molar-refractivity contribution in [2.45, 2.75) is 31.2 Å². The van der Waals surface area contributed by atoms with E-state index >= 15 is 0 Å². The summed E-state index contributed by atoms with van der Waals surface area (Å²) in [5, 5.41) is 6.22. The summed E-state index contributed by atoms with van der Waals surface area (Å²) in [7, 11) is 6.61. The number of nitrogens with one attached hydrogen (secondary N) is 2. The number of anilines is 2. The van der Waals surface area contributed by atoms with E-state index in [1.165, 1.54) is 22.6 Å². The first-order chi connectivity index (χ1) is 19.0. The smallest absolute Gasteiger partial charge is 0.394 e. The second kappa shape index (κ2) is 12.0. The molecule has 3 aromatic rings. The second-order valence-corrected chi connectivity index (χ2v) is 9.90. The molecule has 12 heteroatoms. The number of halogens is 4. The number of piperidine rings is 1. The SMILES string of the molecule is COc1cc(C(=O)N(C)C)ccc1NCC#Cc1nc2c(N[C@@H]3CCN(C)C[C@@H]3F)cccn2c1CC(F)(F)F. The van der Waals surface area contributed by atoms with Crippen molar-refractivity contribution < 1.29 is 27.1 Å². The number of nitrogens with zero attached hydrogens (tertiary/aromatic N) is 4. The Morgan fingerprint density at radius 2 is 2.02 bits per heavy atom. The van der Waals surface area contributed by atoms with E-state index in [0.29, 0.717) is 35.7 Å². The molecule has 2 aromatic heterocycles. The highest BCUT2D eigenvalue weighted by atomic mass is 19.4. The monoisotopic (exact) mass is 560 g/mol. The van der Waals surface area contributed by atoms with Crippen LogP contribution < -0.4 is 15.4 Å². The van der Waals surface area contributed by atoms with Gasteiger partial charge in [-0.15, -0.1) is 0 Å². The molecule has 4 rings (SSSR count). The number of carbonyl (C=O) groups excluding carboxylic acids is 1. The summed E-state index contributed by atoms with van der Waals surface area (Å²) in [6.45, 7) is 1.07. The number of alkyl halides is 4. The first kappa shape index (κ1) is 29.0. The second-order valence-electron chi connectivity index (χ2n) is 9.90. The van der Waals surface area contributed by atoms with E-state index in [2.05, 4.69) is 27.5 Å². The van der Waals surface area contributed by atoms with Gasteiger partial charge < -0.3 is 29.6 Å². The van der Waals surface area contributed by atoms with E-state index in [9.17, 15) is 22.4 Å². The summed E-state index contributed by atoms with van der Waals surface area (Å²) in [4.78, 5) is 20.0. The van der Waals surface area contributed by atoms with E-state index in [4.69, 9.17) is 4.74 Å². The summed E-state index contributed by atoms with van der Waals surface area (Å²) in [6.07, 6.45) is -4.77. The highest BCUT2D eigenvalue weighted by Gasteiger charge is 2.32. The maximum atomic E-state index is 14.7. The Balaban J connectivity index is 1.59. The van der Waals surface area contributed by atoms with E-state index in [1.54, 1.807) is 44.4 Å². The minimum Gasteiger partial charge on any atom is -0.495 e. The van der Waals surface area contributed by atoms with Crippen LogP contribution in [0.2, 0.25) is 0 Å². The number of hydrogen-bond donors (Lipinski definition) is 2. The van der Waals surface area contributed by atoms with Crippen molar-refractivity contribution in [3.8, 4) is 17.6 Å². The van der Waals surface area contributed by atoms with Gasteiger partial charge in [0.15, 0.2) is 5.65 Å². The van der Waals surface area contributed by atoms with Gasteiger partial charge >= 0.3 is 6.18 Å². The Morgan fingerprint density at radius 1 is 1.25 bits per heavy atom. The van der Waals surface area contributed by atoms with Crippen molar-refractivity contribution in [3.63, 3.8) is 0 Å². The zero-order chi connectivity index (χ0) is 29.0. The van der Waals surface area contributed by atoms with Crippen LogP contribution in [0.5, 0.6) is 5.75 Å². The van der Waals surface area contributed by atoms with E-state index < -0.39 is 24.8 Å². The van der Waals surface area contributed by atoms with Crippen molar-refractivity contribution in [2.75, 3.05) is 58.5 Å². The van der Waals surface area contributed by atoms with E-state index in [-0.39, 0.29) is 36.0 Å². The van der Waals surface area contributed by atoms with Gasteiger partial charge in [0.1, 0.15) is 17.6 Å². The summed E-state index contributed by atoms with van der Waals surface area (Å²) >= 11 is 0. The Morgan fingerprint density at radius 3 is 2.70 bits per heavy atom. The highest BCUT2D eigenvalue weighted by Crippen LogP contribution is 2.29. The lowest BCUT2D eigenvalue weighted by Gasteiger charge is -2.33. The molecule has 40 heavy (non-hydrogen) atoms. The van der Waals surface area contributed by atoms with Gasteiger partial charge in [0.2, 0.25) is 0 Å². The predicted molar refractivity (Wildman–Crippen MR) is 146 cm³/mol. The van der Waals surface area contributed by atoms with Gasteiger partial charge in [0.25, 0.3) is 5.91 Å².